The first-order chi connectivity index (χ1) is 10.6. The Morgan fingerprint density at radius 1 is 0.955 bits per heavy atom. The van der Waals surface area contributed by atoms with Crippen LogP contribution in [-0.2, 0) is 6.54 Å². The summed E-state index contributed by atoms with van der Waals surface area (Å²) in [4.78, 5) is 14.3. The van der Waals surface area contributed by atoms with Crippen LogP contribution in [0, 0.1) is 0 Å². The molecule has 2 nitrogen and oxygen atoms in total. The van der Waals surface area contributed by atoms with Crippen molar-refractivity contribution in [2.45, 2.75) is 6.54 Å². The number of benzene rings is 3. The molecule has 0 aromatic heterocycles. The van der Waals surface area contributed by atoms with Crippen molar-refractivity contribution in [1.82, 2.24) is 4.90 Å². The predicted octanol–water partition coefficient (Wildman–Crippen LogP) is 4.87. The number of amides is 1. The predicted molar refractivity (Wildman–Crippen MR) is 93.9 cm³/mol. The number of carbonyl (C=O) groups excluding carboxylic acids is 1. The smallest absolute Gasteiger partial charge is 0.253 e. The second kappa shape index (κ2) is 6.32. The van der Waals surface area contributed by atoms with Crippen LogP contribution in [0.4, 0.5) is 0 Å². The molecule has 3 rings (SSSR count). The van der Waals surface area contributed by atoms with Gasteiger partial charge in [0.25, 0.3) is 5.91 Å². The Morgan fingerprint density at radius 2 is 1.64 bits per heavy atom. The lowest BCUT2D eigenvalue weighted by Gasteiger charge is -2.17. The highest BCUT2D eigenvalue weighted by Crippen LogP contribution is 2.18. The second-order valence-corrected chi connectivity index (χ2v) is 6.27. The van der Waals surface area contributed by atoms with Crippen molar-refractivity contribution in [3.8, 4) is 0 Å². The van der Waals surface area contributed by atoms with Gasteiger partial charge in [-0.3, -0.25) is 4.79 Å². The number of rotatable bonds is 3. The fourth-order valence-electron chi connectivity index (χ4n) is 2.48. The molecule has 3 aromatic rings. The van der Waals surface area contributed by atoms with Gasteiger partial charge in [0.1, 0.15) is 0 Å². The van der Waals surface area contributed by atoms with E-state index < -0.39 is 0 Å². The molecule has 22 heavy (non-hydrogen) atoms. The highest BCUT2D eigenvalue weighted by atomic mass is 79.9. The van der Waals surface area contributed by atoms with E-state index in [-0.39, 0.29) is 5.91 Å². The summed E-state index contributed by atoms with van der Waals surface area (Å²) in [5.74, 6) is 0.0358. The average Bonchev–Trinajstić information content (AvgIpc) is 2.55. The van der Waals surface area contributed by atoms with Gasteiger partial charge in [0, 0.05) is 23.6 Å². The molecule has 0 spiro atoms. The summed E-state index contributed by atoms with van der Waals surface area (Å²) < 4.78 is 1.04. The maximum atomic E-state index is 12.6. The van der Waals surface area contributed by atoms with Crippen LogP contribution in [-0.4, -0.2) is 17.9 Å². The van der Waals surface area contributed by atoms with Gasteiger partial charge in [-0.25, -0.2) is 0 Å². The van der Waals surface area contributed by atoms with Crippen LogP contribution in [0.1, 0.15) is 15.9 Å². The molecule has 0 bridgehead atoms. The summed E-state index contributed by atoms with van der Waals surface area (Å²) in [7, 11) is 1.83. The number of carbonyl (C=O) groups is 1. The maximum Gasteiger partial charge on any atom is 0.253 e. The van der Waals surface area contributed by atoms with Crippen molar-refractivity contribution >= 4 is 32.6 Å². The van der Waals surface area contributed by atoms with Gasteiger partial charge in [0.15, 0.2) is 0 Å². The Hall–Kier alpha value is -2.13. The van der Waals surface area contributed by atoms with Gasteiger partial charge >= 0.3 is 0 Å². The van der Waals surface area contributed by atoms with E-state index in [0.717, 1.165) is 26.4 Å². The Bertz CT molecular complexity index is 811. The number of fused-ring (bicyclic) bond motifs is 1. The van der Waals surface area contributed by atoms with E-state index in [0.29, 0.717) is 6.54 Å². The molecule has 0 saturated heterocycles. The zero-order valence-corrected chi connectivity index (χ0v) is 13.9. The number of hydrogen-bond acceptors (Lipinski definition) is 1. The van der Waals surface area contributed by atoms with Crippen LogP contribution in [0.3, 0.4) is 0 Å². The standard InChI is InChI=1S/C19H16BrNO/c1-21(13-14-6-10-18(20)11-7-14)19(22)17-9-8-15-4-2-3-5-16(15)12-17/h2-12H,13H2,1H3. The normalized spacial score (nSPS) is 10.6. The molecule has 0 fully saturated rings. The van der Waals surface area contributed by atoms with Gasteiger partial charge in [-0.1, -0.05) is 58.4 Å². The lowest BCUT2D eigenvalue weighted by Crippen LogP contribution is -2.26. The molecule has 0 radical (unpaired) electrons. The Labute approximate surface area is 138 Å². The number of halogens is 1. The zero-order valence-electron chi connectivity index (χ0n) is 12.3. The second-order valence-electron chi connectivity index (χ2n) is 5.35. The third kappa shape index (κ3) is 3.20. The van der Waals surface area contributed by atoms with Gasteiger partial charge < -0.3 is 4.90 Å². The van der Waals surface area contributed by atoms with Crippen LogP contribution < -0.4 is 0 Å². The summed E-state index contributed by atoms with van der Waals surface area (Å²) >= 11 is 3.42. The van der Waals surface area contributed by atoms with Gasteiger partial charge in [0.2, 0.25) is 0 Å². The molecule has 1 amide bonds. The van der Waals surface area contributed by atoms with Gasteiger partial charge in [-0.15, -0.1) is 0 Å². The van der Waals surface area contributed by atoms with E-state index in [2.05, 4.69) is 22.0 Å². The van der Waals surface area contributed by atoms with Crippen LogP contribution >= 0.6 is 15.9 Å². The van der Waals surface area contributed by atoms with Crippen molar-refractivity contribution in [3.05, 3.63) is 82.3 Å². The van der Waals surface area contributed by atoms with Gasteiger partial charge in [0.05, 0.1) is 0 Å². The first kappa shape index (κ1) is 14.8. The van der Waals surface area contributed by atoms with Crippen LogP contribution in [0.5, 0.6) is 0 Å². The Balaban J connectivity index is 1.80. The largest absolute Gasteiger partial charge is 0.337 e. The van der Waals surface area contributed by atoms with E-state index >= 15 is 0 Å². The molecule has 3 aromatic carbocycles. The van der Waals surface area contributed by atoms with Gasteiger partial charge in [-0.05, 0) is 40.6 Å². The highest BCUT2D eigenvalue weighted by Gasteiger charge is 2.12. The fraction of sp³-hybridized carbons (Fsp3) is 0.105. The maximum absolute atomic E-state index is 12.6. The lowest BCUT2D eigenvalue weighted by atomic mass is 10.1. The van der Waals surface area contributed by atoms with E-state index in [9.17, 15) is 4.79 Å². The van der Waals surface area contributed by atoms with E-state index in [1.807, 2.05) is 67.7 Å². The molecule has 0 aliphatic carbocycles. The fourth-order valence-corrected chi connectivity index (χ4v) is 2.74. The van der Waals surface area contributed by atoms with Crippen LogP contribution in [0.15, 0.2) is 71.2 Å². The Kier molecular flexibility index (Phi) is 4.25. The van der Waals surface area contributed by atoms with Crippen LogP contribution in [0.25, 0.3) is 10.8 Å². The number of hydrogen-bond donors (Lipinski definition) is 0. The quantitative estimate of drug-likeness (QED) is 0.657. The molecule has 0 N–H and O–H groups in total. The zero-order chi connectivity index (χ0) is 15.5. The van der Waals surface area contributed by atoms with Crippen molar-refractivity contribution < 1.29 is 4.79 Å². The monoisotopic (exact) mass is 353 g/mol. The average molecular weight is 354 g/mol. The summed E-state index contributed by atoms with van der Waals surface area (Å²) in [6, 6.07) is 21.9. The SMILES string of the molecule is CN(Cc1ccc(Br)cc1)C(=O)c1ccc2ccccc2c1. The van der Waals surface area contributed by atoms with Crippen molar-refractivity contribution in [2.75, 3.05) is 7.05 Å². The molecule has 3 heteroatoms. The summed E-state index contributed by atoms with van der Waals surface area (Å²) in [5, 5.41) is 2.24. The molecular weight excluding hydrogens is 338 g/mol. The first-order valence-electron chi connectivity index (χ1n) is 7.12. The molecule has 0 aliphatic rings. The molecule has 110 valence electrons. The Morgan fingerprint density at radius 3 is 2.36 bits per heavy atom. The van der Waals surface area contributed by atoms with Crippen molar-refractivity contribution in [3.63, 3.8) is 0 Å². The molecule has 0 unspecified atom stereocenters. The van der Waals surface area contributed by atoms with Crippen LogP contribution in [0.2, 0.25) is 0 Å². The van der Waals surface area contributed by atoms with E-state index in [1.54, 1.807) is 4.90 Å². The molecule has 0 atom stereocenters. The molecule has 0 aliphatic heterocycles. The summed E-state index contributed by atoms with van der Waals surface area (Å²) in [5.41, 5.74) is 1.83. The minimum atomic E-state index is 0.0358. The molecule has 0 saturated carbocycles. The summed E-state index contributed by atoms with van der Waals surface area (Å²) in [6.07, 6.45) is 0. The molecular formula is C19H16BrNO. The topological polar surface area (TPSA) is 20.3 Å². The van der Waals surface area contributed by atoms with Crippen molar-refractivity contribution in [1.29, 1.82) is 0 Å². The van der Waals surface area contributed by atoms with E-state index in [1.165, 1.54) is 0 Å². The first-order valence-corrected chi connectivity index (χ1v) is 7.91. The third-order valence-corrected chi connectivity index (χ3v) is 4.20. The highest BCUT2D eigenvalue weighted by molar-refractivity contribution is 9.10. The minimum Gasteiger partial charge on any atom is -0.337 e. The molecule has 0 heterocycles. The number of nitrogens with zero attached hydrogens (tertiary/aromatic N) is 1. The lowest BCUT2D eigenvalue weighted by molar-refractivity contribution is 0.0785. The summed E-state index contributed by atoms with van der Waals surface area (Å²) in [6.45, 7) is 0.596. The van der Waals surface area contributed by atoms with Crippen molar-refractivity contribution in [2.24, 2.45) is 0 Å². The third-order valence-electron chi connectivity index (χ3n) is 3.68. The van der Waals surface area contributed by atoms with Gasteiger partial charge in [-0.2, -0.15) is 0 Å². The minimum absolute atomic E-state index is 0.0358. The van der Waals surface area contributed by atoms with E-state index in [4.69, 9.17) is 0 Å².